The molecule has 0 fully saturated rings. The highest BCUT2D eigenvalue weighted by atomic mass is 32.1. The average Bonchev–Trinajstić information content (AvgIpc) is 3.26. The highest BCUT2D eigenvalue weighted by Gasteiger charge is 2.22. The van der Waals surface area contributed by atoms with Gasteiger partial charge in [0, 0.05) is 18.0 Å². The van der Waals surface area contributed by atoms with Crippen molar-refractivity contribution in [3.8, 4) is 0 Å². The third kappa shape index (κ3) is 4.75. The first kappa shape index (κ1) is 22.0. The number of hydrogen-bond acceptors (Lipinski definition) is 4. The van der Waals surface area contributed by atoms with E-state index in [0.717, 1.165) is 22.2 Å². The Labute approximate surface area is 203 Å². The molecule has 3 aromatic carbocycles. The molecule has 0 aliphatic rings. The molecule has 0 bridgehead atoms. The van der Waals surface area contributed by atoms with Crippen LogP contribution in [0.4, 0.5) is 5.13 Å². The van der Waals surface area contributed by atoms with Gasteiger partial charge >= 0.3 is 0 Å². The number of carbonyl (C=O) groups excluding carboxylic acids is 1. The van der Waals surface area contributed by atoms with Crippen LogP contribution in [0.3, 0.4) is 0 Å². The molecule has 0 aliphatic carbocycles. The van der Waals surface area contributed by atoms with Crippen molar-refractivity contribution < 1.29 is 4.79 Å². The number of fused-ring (bicyclic) bond motifs is 1. The van der Waals surface area contributed by atoms with Crippen molar-refractivity contribution in [2.45, 2.75) is 26.8 Å². The molecule has 0 saturated heterocycles. The Bertz CT molecular complexity index is 1390. The van der Waals surface area contributed by atoms with E-state index >= 15 is 0 Å². The van der Waals surface area contributed by atoms with Crippen molar-refractivity contribution in [1.82, 2.24) is 9.97 Å². The predicted octanol–water partition coefficient (Wildman–Crippen LogP) is 6.75. The Morgan fingerprint density at radius 2 is 1.56 bits per heavy atom. The molecule has 0 aliphatic heterocycles. The van der Waals surface area contributed by atoms with Gasteiger partial charge in [-0.3, -0.25) is 14.7 Å². The predicted molar refractivity (Wildman–Crippen MR) is 140 cm³/mol. The topological polar surface area (TPSA) is 46.1 Å². The summed E-state index contributed by atoms with van der Waals surface area (Å²) in [5.74, 6) is -0.0670. The fourth-order valence-corrected chi connectivity index (χ4v) is 4.98. The Balaban J connectivity index is 1.47. The standard InChI is InChI=1S/C29H25N3OS/c1-20-15-26-27(16-21(20)2)34-29(31-26)32(19-24-9-6-14-30-18-24)28(33)25-12-10-23(11-13-25)17-22-7-4-3-5-8-22/h3-16,18H,17,19H2,1-2H3. The second-order valence-electron chi connectivity index (χ2n) is 8.51. The van der Waals surface area contributed by atoms with Crippen molar-refractivity contribution in [3.05, 3.63) is 125 Å². The number of thiazole rings is 1. The molecule has 168 valence electrons. The maximum absolute atomic E-state index is 13.7. The number of pyridine rings is 1. The monoisotopic (exact) mass is 463 g/mol. The summed E-state index contributed by atoms with van der Waals surface area (Å²) in [6.45, 7) is 4.60. The maximum Gasteiger partial charge on any atom is 0.260 e. The number of aromatic nitrogens is 2. The molecule has 0 unspecified atom stereocenters. The molecule has 0 spiro atoms. The van der Waals surface area contributed by atoms with Crippen molar-refractivity contribution >= 4 is 32.6 Å². The number of anilines is 1. The van der Waals surface area contributed by atoms with Gasteiger partial charge in [-0.15, -0.1) is 0 Å². The lowest BCUT2D eigenvalue weighted by Gasteiger charge is -2.20. The number of aryl methyl sites for hydroxylation is 2. The Kier molecular flexibility index (Phi) is 6.19. The van der Waals surface area contributed by atoms with Gasteiger partial charge in [-0.1, -0.05) is 59.9 Å². The van der Waals surface area contributed by atoms with E-state index in [1.165, 1.54) is 22.3 Å². The smallest absolute Gasteiger partial charge is 0.260 e. The van der Waals surface area contributed by atoms with E-state index in [0.29, 0.717) is 17.2 Å². The first-order valence-corrected chi connectivity index (χ1v) is 12.1. The van der Waals surface area contributed by atoms with E-state index in [9.17, 15) is 4.79 Å². The fourth-order valence-electron chi connectivity index (χ4n) is 3.94. The molecule has 5 aromatic rings. The van der Waals surface area contributed by atoms with Gasteiger partial charge in [0.1, 0.15) is 0 Å². The molecule has 0 radical (unpaired) electrons. The van der Waals surface area contributed by atoms with Crippen molar-refractivity contribution in [2.24, 2.45) is 0 Å². The van der Waals surface area contributed by atoms with Crippen LogP contribution in [-0.4, -0.2) is 15.9 Å². The van der Waals surface area contributed by atoms with E-state index in [-0.39, 0.29) is 5.91 Å². The van der Waals surface area contributed by atoms with Gasteiger partial charge in [0.25, 0.3) is 5.91 Å². The number of rotatable bonds is 6. The average molecular weight is 464 g/mol. The number of nitrogens with zero attached hydrogens (tertiary/aromatic N) is 3. The Hall–Kier alpha value is -3.83. The Morgan fingerprint density at radius 1 is 0.853 bits per heavy atom. The third-order valence-corrected chi connectivity index (χ3v) is 7.03. The summed E-state index contributed by atoms with van der Waals surface area (Å²) >= 11 is 1.55. The van der Waals surface area contributed by atoms with Crippen LogP contribution in [0.25, 0.3) is 10.2 Å². The Morgan fingerprint density at radius 3 is 2.29 bits per heavy atom. The summed E-state index contributed by atoms with van der Waals surface area (Å²) in [5, 5.41) is 0.696. The van der Waals surface area contributed by atoms with E-state index in [2.05, 4.69) is 43.1 Å². The largest absolute Gasteiger partial charge is 0.279 e. The first-order chi connectivity index (χ1) is 16.6. The number of amides is 1. The number of carbonyl (C=O) groups is 1. The van der Waals surface area contributed by atoms with E-state index in [4.69, 9.17) is 4.98 Å². The molecule has 0 N–H and O–H groups in total. The number of hydrogen-bond donors (Lipinski definition) is 0. The normalized spacial score (nSPS) is 11.0. The zero-order valence-electron chi connectivity index (χ0n) is 19.2. The molecule has 0 saturated carbocycles. The van der Waals surface area contributed by atoms with Crippen molar-refractivity contribution in [1.29, 1.82) is 0 Å². The number of benzene rings is 3. The quantitative estimate of drug-likeness (QED) is 0.280. The van der Waals surface area contributed by atoms with E-state index < -0.39 is 0 Å². The molecule has 0 atom stereocenters. The van der Waals surface area contributed by atoms with Crippen LogP contribution in [0.15, 0.2) is 91.3 Å². The lowest BCUT2D eigenvalue weighted by Crippen LogP contribution is -2.30. The SMILES string of the molecule is Cc1cc2nc(N(Cc3cccnc3)C(=O)c3ccc(Cc4ccccc4)cc3)sc2cc1C. The molecule has 1 amide bonds. The molecular formula is C29H25N3OS. The third-order valence-electron chi connectivity index (χ3n) is 5.98. The molecule has 2 aromatic heterocycles. The first-order valence-electron chi connectivity index (χ1n) is 11.3. The van der Waals surface area contributed by atoms with Gasteiger partial charge in [0.05, 0.1) is 16.8 Å². The van der Waals surface area contributed by atoms with Gasteiger partial charge in [-0.2, -0.15) is 0 Å². The molecule has 5 rings (SSSR count). The van der Waals surface area contributed by atoms with Crippen LogP contribution < -0.4 is 4.90 Å². The lowest BCUT2D eigenvalue weighted by molar-refractivity contribution is 0.0985. The lowest BCUT2D eigenvalue weighted by atomic mass is 10.0. The summed E-state index contributed by atoms with van der Waals surface area (Å²) in [5.41, 5.74) is 7.37. The summed E-state index contributed by atoms with van der Waals surface area (Å²) in [4.78, 5) is 24.5. The van der Waals surface area contributed by atoms with Crippen LogP contribution in [0.2, 0.25) is 0 Å². The van der Waals surface area contributed by atoms with Crippen LogP contribution in [-0.2, 0) is 13.0 Å². The van der Waals surface area contributed by atoms with Crippen LogP contribution in [0, 0.1) is 13.8 Å². The molecule has 2 heterocycles. The second-order valence-corrected chi connectivity index (χ2v) is 9.52. The zero-order valence-corrected chi connectivity index (χ0v) is 20.0. The molecule has 4 nitrogen and oxygen atoms in total. The second kappa shape index (κ2) is 9.57. The van der Waals surface area contributed by atoms with E-state index in [1.54, 1.807) is 28.6 Å². The van der Waals surface area contributed by atoms with Gasteiger partial charge in [-0.25, -0.2) is 4.98 Å². The van der Waals surface area contributed by atoms with Crippen molar-refractivity contribution in [2.75, 3.05) is 4.90 Å². The van der Waals surface area contributed by atoms with Gasteiger partial charge in [-0.05, 0) is 78.4 Å². The zero-order chi connectivity index (χ0) is 23.5. The van der Waals surface area contributed by atoms with Gasteiger partial charge < -0.3 is 0 Å². The van der Waals surface area contributed by atoms with E-state index in [1.807, 2.05) is 54.6 Å². The molecule has 5 heteroatoms. The maximum atomic E-state index is 13.7. The van der Waals surface area contributed by atoms with Crippen LogP contribution >= 0.6 is 11.3 Å². The summed E-state index contributed by atoms with van der Waals surface area (Å²) in [6.07, 6.45) is 4.38. The minimum atomic E-state index is -0.0670. The summed E-state index contributed by atoms with van der Waals surface area (Å²) in [6, 6.07) is 26.4. The molecule has 34 heavy (non-hydrogen) atoms. The highest BCUT2D eigenvalue weighted by molar-refractivity contribution is 7.22. The summed E-state index contributed by atoms with van der Waals surface area (Å²) < 4.78 is 1.08. The minimum Gasteiger partial charge on any atom is -0.279 e. The van der Waals surface area contributed by atoms with Gasteiger partial charge in [0.15, 0.2) is 5.13 Å². The fraction of sp³-hybridized carbons (Fsp3) is 0.138. The highest BCUT2D eigenvalue weighted by Crippen LogP contribution is 2.32. The van der Waals surface area contributed by atoms with Gasteiger partial charge in [0.2, 0.25) is 0 Å². The molecular weight excluding hydrogens is 438 g/mol. The van der Waals surface area contributed by atoms with Crippen LogP contribution in [0.1, 0.15) is 38.2 Å². The van der Waals surface area contributed by atoms with Crippen molar-refractivity contribution in [3.63, 3.8) is 0 Å². The minimum absolute atomic E-state index is 0.0670. The summed E-state index contributed by atoms with van der Waals surface area (Å²) in [7, 11) is 0. The van der Waals surface area contributed by atoms with Crippen LogP contribution in [0.5, 0.6) is 0 Å².